The Morgan fingerprint density at radius 2 is 1.95 bits per heavy atom. The van der Waals surface area contributed by atoms with Crippen molar-refractivity contribution >= 4 is 6.03 Å². The number of carbonyl (C=O) groups excluding carboxylic acids is 1. The van der Waals surface area contributed by atoms with E-state index in [0.717, 1.165) is 39.1 Å². The molecule has 0 spiro atoms. The van der Waals surface area contributed by atoms with E-state index in [2.05, 4.69) is 24.1 Å². The highest BCUT2D eigenvalue weighted by molar-refractivity contribution is 5.74. The van der Waals surface area contributed by atoms with Crippen LogP contribution in [0.2, 0.25) is 0 Å². The lowest BCUT2D eigenvalue weighted by Gasteiger charge is -2.24. The molecule has 1 N–H and O–H groups in total. The van der Waals surface area contributed by atoms with Gasteiger partial charge in [0.25, 0.3) is 0 Å². The molecule has 0 aromatic rings. The quantitative estimate of drug-likeness (QED) is 0.822. The van der Waals surface area contributed by atoms with Gasteiger partial charge in [0.2, 0.25) is 0 Å². The second kappa shape index (κ2) is 8.38. The standard InChI is InChI=1S/C14H29N3O2/c1-12(2)10-16-6-5-7-17(9-8-16)14(18)15-13(3)11-19-4/h12-13H,5-11H2,1-4H3,(H,15,18). The predicted molar refractivity (Wildman–Crippen MR) is 77.3 cm³/mol. The van der Waals surface area contributed by atoms with E-state index >= 15 is 0 Å². The lowest BCUT2D eigenvalue weighted by Crippen LogP contribution is -2.46. The summed E-state index contributed by atoms with van der Waals surface area (Å²) >= 11 is 0. The largest absolute Gasteiger partial charge is 0.383 e. The van der Waals surface area contributed by atoms with E-state index in [1.165, 1.54) is 0 Å². The Labute approximate surface area is 117 Å². The highest BCUT2D eigenvalue weighted by atomic mass is 16.5. The number of methoxy groups -OCH3 is 1. The minimum Gasteiger partial charge on any atom is -0.383 e. The molecule has 1 fully saturated rings. The third-order valence-corrected chi connectivity index (χ3v) is 3.29. The summed E-state index contributed by atoms with van der Waals surface area (Å²) in [6, 6.07) is 0.100. The summed E-state index contributed by atoms with van der Waals surface area (Å²) in [4.78, 5) is 16.5. The molecule has 0 bridgehead atoms. The molecule has 19 heavy (non-hydrogen) atoms. The van der Waals surface area contributed by atoms with Crippen LogP contribution in [-0.4, -0.2) is 68.3 Å². The van der Waals surface area contributed by atoms with E-state index < -0.39 is 0 Å². The van der Waals surface area contributed by atoms with E-state index in [0.29, 0.717) is 12.5 Å². The number of hydrogen-bond acceptors (Lipinski definition) is 3. The van der Waals surface area contributed by atoms with Crippen molar-refractivity contribution in [2.75, 3.05) is 46.4 Å². The molecule has 112 valence electrons. The van der Waals surface area contributed by atoms with Crippen LogP contribution < -0.4 is 5.32 Å². The number of nitrogens with zero attached hydrogens (tertiary/aromatic N) is 2. The molecular weight excluding hydrogens is 242 g/mol. The molecule has 1 aliphatic heterocycles. The van der Waals surface area contributed by atoms with Gasteiger partial charge in [-0.05, 0) is 25.8 Å². The lowest BCUT2D eigenvalue weighted by molar-refractivity contribution is 0.159. The van der Waals surface area contributed by atoms with E-state index in [-0.39, 0.29) is 12.1 Å². The molecule has 0 aromatic carbocycles. The molecule has 1 saturated heterocycles. The third-order valence-electron chi connectivity index (χ3n) is 3.29. The van der Waals surface area contributed by atoms with Crippen LogP contribution in [0.4, 0.5) is 4.79 Å². The van der Waals surface area contributed by atoms with Crippen LogP contribution in [0, 0.1) is 5.92 Å². The normalized spacial score (nSPS) is 19.3. The highest BCUT2D eigenvalue weighted by Crippen LogP contribution is 2.06. The molecule has 1 rings (SSSR count). The summed E-state index contributed by atoms with van der Waals surface area (Å²) in [6.07, 6.45) is 1.05. The molecule has 0 saturated carbocycles. The Balaban J connectivity index is 2.37. The van der Waals surface area contributed by atoms with Gasteiger partial charge in [0.1, 0.15) is 0 Å². The lowest BCUT2D eigenvalue weighted by atomic mass is 10.2. The van der Waals surface area contributed by atoms with Crippen LogP contribution >= 0.6 is 0 Å². The van der Waals surface area contributed by atoms with Crippen LogP contribution in [0.15, 0.2) is 0 Å². The van der Waals surface area contributed by atoms with E-state index in [1.807, 2.05) is 11.8 Å². The van der Waals surface area contributed by atoms with E-state index in [9.17, 15) is 4.79 Å². The van der Waals surface area contributed by atoms with Gasteiger partial charge in [-0.1, -0.05) is 13.8 Å². The molecule has 5 heteroatoms. The van der Waals surface area contributed by atoms with Crippen molar-refractivity contribution in [3.8, 4) is 0 Å². The molecule has 1 unspecified atom stereocenters. The summed E-state index contributed by atoms with van der Waals surface area (Å²) in [5.41, 5.74) is 0. The maximum absolute atomic E-state index is 12.1. The molecule has 5 nitrogen and oxygen atoms in total. The molecule has 2 amide bonds. The van der Waals surface area contributed by atoms with Crippen LogP contribution in [-0.2, 0) is 4.74 Å². The number of hydrogen-bond donors (Lipinski definition) is 1. The average molecular weight is 271 g/mol. The van der Waals surface area contributed by atoms with Gasteiger partial charge >= 0.3 is 6.03 Å². The first kappa shape index (κ1) is 16.2. The summed E-state index contributed by atoms with van der Waals surface area (Å²) < 4.78 is 5.04. The van der Waals surface area contributed by atoms with Gasteiger partial charge in [-0.2, -0.15) is 0 Å². The molecule has 1 aliphatic rings. The van der Waals surface area contributed by atoms with Gasteiger partial charge in [-0.3, -0.25) is 0 Å². The minimum absolute atomic E-state index is 0.0379. The topological polar surface area (TPSA) is 44.8 Å². The van der Waals surface area contributed by atoms with Crippen LogP contribution in [0.3, 0.4) is 0 Å². The van der Waals surface area contributed by atoms with Gasteiger partial charge in [0, 0.05) is 33.3 Å². The third kappa shape index (κ3) is 6.25. The van der Waals surface area contributed by atoms with Crippen LogP contribution in [0.1, 0.15) is 27.2 Å². The second-order valence-electron chi connectivity index (χ2n) is 5.84. The SMILES string of the molecule is COCC(C)NC(=O)N1CCCN(CC(C)C)CC1. The molecule has 0 aromatic heterocycles. The average Bonchev–Trinajstić information content (AvgIpc) is 2.54. The van der Waals surface area contributed by atoms with Crippen molar-refractivity contribution in [1.29, 1.82) is 0 Å². The number of amides is 2. The molecule has 1 heterocycles. The van der Waals surface area contributed by atoms with Gasteiger partial charge < -0.3 is 19.9 Å². The zero-order valence-electron chi connectivity index (χ0n) is 12.8. The van der Waals surface area contributed by atoms with Crippen LogP contribution in [0.5, 0.6) is 0 Å². The Hall–Kier alpha value is -0.810. The second-order valence-corrected chi connectivity index (χ2v) is 5.84. The number of rotatable bonds is 5. The Bertz CT molecular complexity index is 271. The van der Waals surface area contributed by atoms with Crippen molar-refractivity contribution in [1.82, 2.24) is 15.1 Å². The fraction of sp³-hybridized carbons (Fsp3) is 0.929. The number of urea groups is 1. The summed E-state index contributed by atoms with van der Waals surface area (Å²) in [5.74, 6) is 0.683. The molecule has 0 aliphatic carbocycles. The van der Waals surface area contributed by atoms with Gasteiger partial charge in [-0.15, -0.1) is 0 Å². The van der Waals surface area contributed by atoms with E-state index in [4.69, 9.17) is 4.74 Å². The Kier molecular flexibility index (Phi) is 7.16. The molecule has 1 atom stereocenters. The predicted octanol–water partition coefficient (Wildman–Crippen LogP) is 1.39. The highest BCUT2D eigenvalue weighted by Gasteiger charge is 2.20. The van der Waals surface area contributed by atoms with Crippen molar-refractivity contribution in [2.45, 2.75) is 33.2 Å². The Morgan fingerprint density at radius 3 is 2.58 bits per heavy atom. The van der Waals surface area contributed by atoms with Crippen molar-refractivity contribution in [2.24, 2.45) is 5.92 Å². The van der Waals surface area contributed by atoms with Crippen LogP contribution in [0.25, 0.3) is 0 Å². The fourth-order valence-electron chi connectivity index (χ4n) is 2.47. The minimum atomic E-state index is 0.0379. The number of nitrogens with one attached hydrogen (secondary N) is 1. The van der Waals surface area contributed by atoms with Crippen molar-refractivity contribution < 1.29 is 9.53 Å². The van der Waals surface area contributed by atoms with Crippen molar-refractivity contribution in [3.05, 3.63) is 0 Å². The summed E-state index contributed by atoms with van der Waals surface area (Å²) in [5, 5.41) is 2.98. The first-order valence-electron chi connectivity index (χ1n) is 7.29. The summed E-state index contributed by atoms with van der Waals surface area (Å²) in [7, 11) is 1.65. The maximum atomic E-state index is 12.1. The first-order valence-corrected chi connectivity index (χ1v) is 7.29. The monoisotopic (exact) mass is 271 g/mol. The van der Waals surface area contributed by atoms with E-state index in [1.54, 1.807) is 7.11 Å². The summed E-state index contributed by atoms with van der Waals surface area (Å²) in [6.45, 7) is 11.8. The Morgan fingerprint density at radius 1 is 1.21 bits per heavy atom. The fourth-order valence-corrected chi connectivity index (χ4v) is 2.47. The smallest absolute Gasteiger partial charge is 0.317 e. The molecule has 0 radical (unpaired) electrons. The molecular formula is C14H29N3O2. The zero-order valence-corrected chi connectivity index (χ0v) is 12.8. The number of carbonyl (C=O) groups is 1. The van der Waals surface area contributed by atoms with Gasteiger partial charge in [-0.25, -0.2) is 4.79 Å². The number of ether oxygens (including phenoxy) is 1. The first-order chi connectivity index (χ1) is 9.02. The zero-order chi connectivity index (χ0) is 14.3. The van der Waals surface area contributed by atoms with Gasteiger partial charge in [0.15, 0.2) is 0 Å². The van der Waals surface area contributed by atoms with Crippen molar-refractivity contribution in [3.63, 3.8) is 0 Å². The maximum Gasteiger partial charge on any atom is 0.317 e. The van der Waals surface area contributed by atoms with Gasteiger partial charge in [0.05, 0.1) is 12.6 Å².